The quantitative estimate of drug-likeness (QED) is 0.668. The number of rotatable bonds is 5. The average molecular weight is 274 g/mol. The minimum Gasteiger partial charge on any atom is -0.396 e. The van der Waals surface area contributed by atoms with Crippen molar-refractivity contribution in [3.63, 3.8) is 0 Å². The number of non-ortho nitro benzene ring substituents is 1. The maximum absolute atomic E-state index is 10.8. The van der Waals surface area contributed by atoms with Crippen molar-refractivity contribution in [2.45, 2.75) is 32.7 Å². The lowest BCUT2D eigenvalue weighted by molar-refractivity contribution is -0.384. The van der Waals surface area contributed by atoms with Gasteiger partial charge in [0.25, 0.3) is 5.69 Å². The van der Waals surface area contributed by atoms with E-state index in [1.165, 1.54) is 12.1 Å². The number of anilines is 1. The van der Waals surface area contributed by atoms with Gasteiger partial charge in [0.05, 0.1) is 16.7 Å². The summed E-state index contributed by atoms with van der Waals surface area (Å²) in [5, 5.41) is 15.3. The number of nitro benzene ring substituents is 1. The van der Waals surface area contributed by atoms with Crippen LogP contribution in [0.1, 0.15) is 32.7 Å². The van der Waals surface area contributed by atoms with Crippen LogP contribution in [0, 0.1) is 10.1 Å². The van der Waals surface area contributed by atoms with Crippen LogP contribution in [0.2, 0.25) is 0 Å². The Balaban J connectivity index is 2.43. The number of nitrogen functional groups attached to an aromatic ring is 1. The Morgan fingerprint density at radius 2 is 2.10 bits per heavy atom. The topological polar surface area (TPSA) is 87.0 Å². The Hall–Kier alpha value is -2.37. The molecular formula is C14H18N4O2. The van der Waals surface area contributed by atoms with Crippen molar-refractivity contribution in [3.8, 4) is 11.3 Å². The van der Waals surface area contributed by atoms with E-state index in [2.05, 4.69) is 18.9 Å². The van der Waals surface area contributed by atoms with Crippen molar-refractivity contribution in [1.82, 2.24) is 9.78 Å². The summed E-state index contributed by atoms with van der Waals surface area (Å²) in [6.07, 6.45) is 3.73. The summed E-state index contributed by atoms with van der Waals surface area (Å²) in [7, 11) is 0. The van der Waals surface area contributed by atoms with Crippen molar-refractivity contribution in [3.05, 3.63) is 40.6 Å². The fraction of sp³-hybridized carbons (Fsp3) is 0.357. The van der Waals surface area contributed by atoms with E-state index in [-0.39, 0.29) is 5.69 Å². The molecule has 0 amide bonds. The number of hydrogen-bond donors (Lipinski definition) is 1. The Bertz CT molecular complexity index is 617. The third-order valence-electron chi connectivity index (χ3n) is 3.41. The predicted molar refractivity (Wildman–Crippen MR) is 78.3 cm³/mol. The highest BCUT2D eigenvalue weighted by Gasteiger charge is 2.15. The first-order valence-corrected chi connectivity index (χ1v) is 6.66. The molecule has 0 aliphatic heterocycles. The van der Waals surface area contributed by atoms with Gasteiger partial charge in [-0.3, -0.25) is 14.8 Å². The highest BCUT2D eigenvalue weighted by atomic mass is 16.6. The molecule has 0 aliphatic carbocycles. The molecule has 6 nitrogen and oxygen atoms in total. The lowest BCUT2D eigenvalue weighted by Crippen LogP contribution is -2.07. The summed E-state index contributed by atoms with van der Waals surface area (Å²) in [4.78, 5) is 10.4. The lowest BCUT2D eigenvalue weighted by atomic mass is 10.1. The highest BCUT2D eigenvalue weighted by molar-refractivity contribution is 5.73. The van der Waals surface area contributed by atoms with Crippen molar-refractivity contribution < 1.29 is 4.92 Å². The normalized spacial score (nSPS) is 10.9. The van der Waals surface area contributed by atoms with Crippen molar-refractivity contribution in [2.24, 2.45) is 0 Å². The molecule has 0 saturated carbocycles. The molecule has 0 unspecified atom stereocenters. The van der Waals surface area contributed by atoms with Crippen molar-refractivity contribution in [2.75, 3.05) is 5.73 Å². The second-order valence-electron chi connectivity index (χ2n) is 4.69. The van der Waals surface area contributed by atoms with E-state index in [9.17, 15) is 10.1 Å². The SMILES string of the molecule is CCC(CC)n1cc(N)c(-c2cccc([N+](=O)[O-])c2)n1. The van der Waals surface area contributed by atoms with Gasteiger partial charge >= 0.3 is 0 Å². The number of nitro groups is 1. The van der Waals surface area contributed by atoms with Crippen LogP contribution in [0.15, 0.2) is 30.5 Å². The molecule has 106 valence electrons. The van der Waals surface area contributed by atoms with E-state index < -0.39 is 4.92 Å². The van der Waals surface area contributed by atoms with E-state index in [1.807, 2.05) is 4.68 Å². The molecule has 2 aromatic rings. The van der Waals surface area contributed by atoms with Gasteiger partial charge in [0.2, 0.25) is 0 Å². The molecule has 0 spiro atoms. The molecule has 1 aromatic heterocycles. The largest absolute Gasteiger partial charge is 0.396 e. The third-order valence-corrected chi connectivity index (χ3v) is 3.41. The number of nitrogens with two attached hydrogens (primary N) is 1. The molecule has 1 aromatic carbocycles. The monoisotopic (exact) mass is 274 g/mol. The summed E-state index contributed by atoms with van der Waals surface area (Å²) < 4.78 is 1.85. The van der Waals surface area contributed by atoms with Crippen molar-refractivity contribution in [1.29, 1.82) is 0 Å². The molecule has 2 N–H and O–H groups in total. The first-order chi connectivity index (χ1) is 9.56. The van der Waals surface area contributed by atoms with Crippen LogP contribution in [0.5, 0.6) is 0 Å². The van der Waals surface area contributed by atoms with Crippen LogP contribution < -0.4 is 5.73 Å². The molecule has 20 heavy (non-hydrogen) atoms. The zero-order chi connectivity index (χ0) is 14.7. The summed E-state index contributed by atoms with van der Waals surface area (Å²) in [6, 6.07) is 6.67. The molecule has 0 saturated heterocycles. The van der Waals surface area contributed by atoms with Gasteiger partial charge < -0.3 is 5.73 Å². The van der Waals surface area contributed by atoms with Crippen LogP contribution in [0.3, 0.4) is 0 Å². The third kappa shape index (κ3) is 2.64. The van der Waals surface area contributed by atoms with Gasteiger partial charge in [-0.05, 0) is 12.8 Å². The average Bonchev–Trinajstić information content (AvgIpc) is 2.82. The standard InChI is InChI=1S/C14H18N4O2/c1-3-11(4-2)17-9-13(15)14(16-17)10-6-5-7-12(8-10)18(19)20/h5-9,11H,3-4,15H2,1-2H3. The van der Waals surface area contributed by atoms with Crippen LogP contribution >= 0.6 is 0 Å². The molecule has 0 radical (unpaired) electrons. The minimum atomic E-state index is -0.419. The molecule has 0 atom stereocenters. The van der Waals surface area contributed by atoms with Crippen LogP contribution in [0.25, 0.3) is 11.3 Å². The van der Waals surface area contributed by atoms with Crippen LogP contribution in [-0.4, -0.2) is 14.7 Å². The fourth-order valence-electron chi connectivity index (χ4n) is 2.25. The summed E-state index contributed by atoms with van der Waals surface area (Å²) >= 11 is 0. The number of aromatic nitrogens is 2. The number of hydrogen-bond acceptors (Lipinski definition) is 4. The van der Waals surface area contributed by atoms with Gasteiger partial charge in [-0.1, -0.05) is 26.0 Å². The smallest absolute Gasteiger partial charge is 0.270 e. The fourth-order valence-corrected chi connectivity index (χ4v) is 2.25. The zero-order valence-corrected chi connectivity index (χ0v) is 11.6. The van der Waals surface area contributed by atoms with Gasteiger partial charge in [-0.15, -0.1) is 0 Å². The van der Waals surface area contributed by atoms with E-state index in [4.69, 9.17) is 5.73 Å². The molecule has 0 bridgehead atoms. The summed E-state index contributed by atoms with van der Waals surface area (Å²) in [5.74, 6) is 0. The second kappa shape index (κ2) is 5.73. The maximum Gasteiger partial charge on any atom is 0.270 e. The molecule has 2 rings (SSSR count). The van der Waals surface area contributed by atoms with Crippen LogP contribution in [-0.2, 0) is 0 Å². The van der Waals surface area contributed by atoms with E-state index >= 15 is 0 Å². The van der Waals surface area contributed by atoms with Gasteiger partial charge in [0.15, 0.2) is 0 Å². The molecule has 6 heteroatoms. The van der Waals surface area contributed by atoms with Gasteiger partial charge in [0.1, 0.15) is 5.69 Å². The molecular weight excluding hydrogens is 256 g/mol. The van der Waals surface area contributed by atoms with E-state index in [0.717, 1.165) is 12.8 Å². The summed E-state index contributed by atoms with van der Waals surface area (Å²) in [5.41, 5.74) is 7.84. The van der Waals surface area contributed by atoms with Gasteiger partial charge in [0, 0.05) is 23.9 Å². The molecule has 0 fully saturated rings. The molecule has 0 aliphatic rings. The van der Waals surface area contributed by atoms with E-state index in [1.54, 1.807) is 18.3 Å². The Labute approximate surface area is 117 Å². The minimum absolute atomic E-state index is 0.0407. The maximum atomic E-state index is 10.8. The van der Waals surface area contributed by atoms with Crippen molar-refractivity contribution >= 4 is 11.4 Å². The lowest BCUT2D eigenvalue weighted by Gasteiger charge is -2.12. The van der Waals surface area contributed by atoms with Gasteiger partial charge in [-0.25, -0.2) is 0 Å². The number of nitrogens with zero attached hydrogens (tertiary/aromatic N) is 3. The second-order valence-corrected chi connectivity index (χ2v) is 4.69. The Morgan fingerprint density at radius 1 is 1.40 bits per heavy atom. The highest BCUT2D eigenvalue weighted by Crippen LogP contribution is 2.29. The Kier molecular flexibility index (Phi) is 4.02. The van der Waals surface area contributed by atoms with E-state index in [0.29, 0.717) is 23.0 Å². The summed E-state index contributed by atoms with van der Waals surface area (Å²) in [6.45, 7) is 4.19. The molecule has 1 heterocycles. The predicted octanol–water partition coefficient (Wildman–Crippen LogP) is 3.40. The number of benzene rings is 1. The Morgan fingerprint density at radius 3 is 2.70 bits per heavy atom. The first-order valence-electron chi connectivity index (χ1n) is 6.66. The van der Waals surface area contributed by atoms with Crippen LogP contribution in [0.4, 0.5) is 11.4 Å². The zero-order valence-electron chi connectivity index (χ0n) is 11.6. The first kappa shape index (κ1) is 14.0. The van der Waals surface area contributed by atoms with Gasteiger partial charge in [-0.2, -0.15) is 5.10 Å².